The highest BCUT2D eigenvalue weighted by atomic mass is 35.5. The number of hydrogen-bond donors (Lipinski definition) is 0. The number of pyridine rings is 1. The quantitative estimate of drug-likeness (QED) is 0.337. The lowest BCUT2D eigenvalue weighted by Crippen LogP contribution is -2.07. The molecule has 1 aromatic heterocycles. The second-order valence-corrected chi connectivity index (χ2v) is 7.53. The van der Waals surface area contributed by atoms with E-state index in [9.17, 15) is 4.79 Å². The van der Waals surface area contributed by atoms with Gasteiger partial charge in [-0.2, -0.15) is 0 Å². The topological polar surface area (TPSA) is 39.2 Å². The number of para-hydroxylation sites is 1. The van der Waals surface area contributed by atoms with Gasteiger partial charge in [0, 0.05) is 26.6 Å². The van der Waals surface area contributed by atoms with Crippen molar-refractivity contribution in [3.8, 4) is 11.3 Å². The Bertz CT molecular complexity index is 1180. The summed E-state index contributed by atoms with van der Waals surface area (Å²) in [5, 5.41) is 1.66. The van der Waals surface area contributed by atoms with Crippen LogP contribution in [0.4, 0.5) is 0 Å². The smallest absolute Gasteiger partial charge is 0.339 e. The Morgan fingerprint density at radius 2 is 1.62 bits per heavy atom. The first-order valence-electron chi connectivity index (χ1n) is 9.10. The van der Waals surface area contributed by atoms with Crippen LogP contribution in [0.15, 0.2) is 72.8 Å². The molecule has 3 nitrogen and oxygen atoms in total. The van der Waals surface area contributed by atoms with Crippen LogP contribution < -0.4 is 0 Å². The summed E-state index contributed by atoms with van der Waals surface area (Å²) in [6.07, 6.45) is 0. The third kappa shape index (κ3) is 4.12. The number of nitrogens with zero attached hydrogens (tertiary/aromatic N) is 1. The molecule has 4 aromatic rings. The maximum absolute atomic E-state index is 13.0. The van der Waals surface area contributed by atoms with Crippen molar-refractivity contribution < 1.29 is 9.53 Å². The highest BCUT2D eigenvalue weighted by Crippen LogP contribution is 2.28. The summed E-state index contributed by atoms with van der Waals surface area (Å²) in [4.78, 5) is 17.7. The lowest BCUT2D eigenvalue weighted by atomic mass is 10.0. The number of hydrogen-bond acceptors (Lipinski definition) is 3. The molecule has 0 aliphatic rings. The molecule has 0 N–H and O–H groups in total. The first kappa shape index (κ1) is 19.4. The molecule has 29 heavy (non-hydrogen) atoms. The van der Waals surface area contributed by atoms with E-state index in [1.165, 1.54) is 0 Å². The van der Waals surface area contributed by atoms with Crippen molar-refractivity contribution in [1.82, 2.24) is 4.98 Å². The van der Waals surface area contributed by atoms with Crippen LogP contribution in [-0.2, 0) is 11.3 Å². The van der Waals surface area contributed by atoms with Gasteiger partial charge >= 0.3 is 5.97 Å². The first-order chi connectivity index (χ1) is 14.0. The molecular weight excluding hydrogens is 405 g/mol. The zero-order chi connectivity index (χ0) is 20.4. The minimum Gasteiger partial charge on any atom is -0.457 e. The molecule has 3 aromatic carbocycles. The summed E-state index contributed by atoms with van der Waals surface area (Å²) in [7, 11) is 0. The number of carbonyl (C=O) groups is 1. The number of rotatable bonds is 4. The molecule has 0 radical (unpaired) electrons. The molecule has 0 atom stereocenters. The van der Waals surface area contributed by atoms with E-state index in [0.29, 0.717) is 26.9 Å². The van der Waals surface area contributed by atoms with E-state index in [1.54, 1.807) is 24.3 Å². The van der Waals surface area contributed by atoms with Crippen LogP contribution >= 0.6 is 23.2 Å². The van der Waals surface area contributed by atoms with E-state index in [1.807, 2.05) is 55.5 Å². The Balaban J connectivity index is 1.72. The second kappa shape index (κ2) is 8.24. The van der Waals surface area contributed by atoms with Gasteiger partial charge in [-0.25, -0.2) is 9.78 Å². The Morgan fingerprint density at radius 1 is 0.931 bits per heavy atom. The van der Waals surface area contributed by atoms with Crippen LogP contribution in [0.2, 0.25) is 10.0 Å². The Kier molecular flexibility index (Phi) is 5.52. The number of carbonyl (C=O) groups excluding carboxylic acids is 1. The molecule has 144 valence electrons. The summed E-state index contributed by atoms with van der Waals surface area (Å²) in [5.41, 5.74) is 4.57. The molecule has 0 saturated heterocycles. The third-order valence-corrected chi connectivity index (χ3v) is 5.40. The molecule has 0 aliphatic heterocycles. The molecule has 0 aliphatic carbocycles. The number of fused-ring (bicyclic) bond motifs is 1. The van der Waals surface area contributed by atoms with Gasteiger partial charge in [0.25, 0.3) is 0 Å². The molecular formula is C24H17Cl2NO2. The van der Waals surface area contributed by atoms with Gasteiger partial charge in [0.05, 0.1) is 16.8 Å². The van der Waals surface area contributed by atoms with Crippen molar-refractivity contribution in [3.05, 3.63) is 99.5 Å². The third-order valence-electron chi connectivity index (χ3n) is 4.69. The van der Waals surface area contributed by atoms with Gasteiger partial charge in [-0.1, -0.05) is 77.3 Å². The lowest BCUT2D eigenvalue weighted by molar-refractivity contribution is 0.0475. The number of aromatic nitrogens is 1. The van der Waals surface area contributed by atoms with Gasteiger partial charge in [-0.05, 0) is 31.2 Å². The standard InChI is InChI=1S/C24H17Cl2NO2/c1-15-9-11-16(12-10-15)23-13-18(17-5-2-3-8-22(17)27-23)24(28)29-14-19-20(25)6-4-7-21(19)26/h2-13H,14H2,1H3. The molecule has 0 fully saturated rings. The Hall–Kier alpha value is -2.88. The van der Waals surface area contributed by atoms with Crippen molar-refractivity contribution in [2.24, 2.45) is 0 Å². The van der Waals surface area contributed by atoms with Crippen LogP contribution in [0.1, 0.15) is 21.5 Å². The SMILES string of the molecule is Cc1ccc(-c2cc(C(=O)OCc3c(Cl)cccc3Cl)c3ccccc3n2)cc1. The van der Waals surface area contributed by atoms with Crippen molar-refractivity contribution in [2.75, 3.05) is 0 Å². The van der Waals surface area contributed by atoms with Crippen molar-refractivity contribution in [1.29, 1.82) is 0 Å². The number of halogens is 2. The average molecular weight is 422 g/mol. The monoisotopic (exact) mass is 421 g/mol. The van der Waals surface area contributed by atoms with E-state index < -0.39 is 5.97 Å². The fraction of sp³-hybridized carbons (Fsp3) is 0.0833. The van der Waals surface area contributed by atoms with Gasteiger partial charge in [0.15, 0.2) is 0 Å². The molecule has 0 unspecified atom stereocenters. The van der Waals surface area contributed by atoms with Crippen LogP contribution in [0.5, 0.6) is 0 Å². The van der Waals surface area contributed by atoms with Crippen LogP contribution in [0.3, 0.4) is 0 Å². The fourth-order valence-corrected chi connectivity index (χ4v) is 3.61. The van der Waals surface area contributed by atoms with Gasteiger partial charge in [0.2, 0.25) is 0 Å². The van der Waals surface area contributed by atoms with Crippen molar-refractivity contribution in [3.63, 3.8) is 0 Å². The van der Waals surface area contributed by atoms with Crippen molar-refractivity contribution in [2.45, 2.75) is 13.5 Å². The maximum Gasteiger partial charge on any atom is 0.339 e. The van der Waals surface area contributed by atoms with E-state index in [0.717, 1.165) is 22.0 Å². The van der Waals surface area contributed by atoms with E-state index in [2.05, 4.69) is 0 Å². The number of ether oxygens (including phenoxy) is 1. The van der Waals surface area contributed by atoms with Crippen LogP contribution in [-0.4, -0.2) is 11.0 Å². The average Bonchev–Trinajstić information content (AvgIpc) is 2.73. The maximum atomic E-state index is 13.0. The highest BCUT2D eigenvalue weighted by Gasteiger charge is 2.16. The lowest BCUT2D eigenvalue weighted by Gasteiger charge is -2.11. The van der Waals surface area contributed by atoms with E-state index >= 15 is 0 Å². The predicted octanol–water partition coefficient (Wildman–Crippen LogP) is 6.87. The minimum absolute atomic E-state index is 0.00610. The summed E-state index contributed by atoms with van der Waals surface area (Å²) in [6, 6.07) is 22.5. The summed E-state index contributed by atoms with van der Waals surface area (Å²) in [5.74, 6) is -0.451. The predicted molar refractivity (Wildman–Crippen MR) is 117 cm³/mol. The molecule has 4 rings (SSSR count). The molecule has 0 amide bonds. The van der Waals surface area contributed by atoms with Gasteiger partial charge in [-0.15, -0.1) is 0 Å². The normalized spacial score (nSPS) is 10.9. The Morgan fingerprint density at radius 3 is 2.34 bits per heavy atom. The van der Waals surface area contributed by atoms with Gasteiger partial charge in [-0.3, -0.25) is 0 Å². The van der Waals surface area contributed by atoms with Gasteiger partial charge in [0.1, 0.15) is 6.61 Å². The molecule has 1 heterocycles. The van der Waals surface area contributed by atoms with Crippen LogP contribution in [0.25, 0.3) is 22.2 Å². The minimum atomic E-state index is -0.451. The zero-order valence-electron chi connectivity index (χ0n) is 15.7. The van der Waals surface area contributed by atoms with Crippen molar-refractivity contribution >= 4 is 40.1 Å². The summed E-state index contributed by atoms with van der Waals surface area (Å²) < 4.78 is 5.56. The highest BCUT2D eigenvalue weighted by molar-refractivity contribution is 6.36. The van der Waals surface area contributed by atoms with E-state index in [-0.39, 0.29) is 6.61 Å². The second-order valence-electron chi connectivity index (χ2n) is 6.71. The molecule has 5 heteroatoms. The fourth-order valence-electron chi connectivity index (χ4n) is 3.10. The van der Waals surface area contributed by atoms with E-state index in [4.69, 9.17) is 32.9 Å². The van der Waals surface area contributed by atoms with Crippen LogP contribution in [0, 0.1) is 6.92 Å². The first-order valence-corrected chi connectivity index (χ1v) is 9.85. The number of aryl methyl sites for hydroxylation is 1. The zero-order valence-corrected chi connectivity index (χ0v) is 17.2. The molecule has 0 saturated carbocycles. The largest absolute Gasteiger partial charge is 0.457 e. The number of esters is 1. The number of benzene rings is 3. The summed E-state index contributed by atoms with van der Waals surface area (Å²) in [6.45, 7) is 2.02. The molecule has 0 spiro atoms. The molecule has 0 bridgehead atoms. The van der Waals surface area contributed by atoms with Gasteiger partial charge < -0.3 is 4.74 Å². The summed E-state index contributed by atoms with van der Waals surface area (Å²) >= 11 is 12.4. The Labute approximate surface area is 178 Å².